The second-order valence-corrected chi connectivity index (χ2v) is 6.72. The predicted molar refractivity (Wildman–Crippen MR) is 103 cm³/mol. The standard InChI is InChI=1S/C19H25N5O2/c1-10(2)16(13(5)25)23-15-9-21-17(18(20)26)19(24-15)22-14-7-6-11(3)12(4)8-14/h6-10,16H,1-5H3,(H2,20,26)(H2,22,23,24). The van der Waals surface area contributed by atoms with E-state index in [-0.39, 0.29) is 23.2 Å². The third-order valence-corrected chi connectivity index (χ3v) is 4.18. The van der Waals surface area contributed by atoms with Gasteiger partial charge in [-0.15, -0.1) is 0 Å². The molecule has 7 heteroatoms. The lowest BCUT2D eigenvalue weighted by Crippen LogP contribution is -2.33. The number of nitrogens with zero attached hydrogens (tertiary/aromatic N) is 2. The summed E-state index contributed by atoms with van der Waals surface area (Å²) in [5.41, 5.74) is 8.49. The van der Waals surface area contributed by atoms with E-state index in [4.69, 9.17) is 5.73 Å². The van der Waals surface area contributed by atoms with Crippen molar-refractivity contribution in [3.8, 4) is 0 Å². The number of aryl methyl sites for hydroxylation is 2. The van der Waals surface area contributed by atoms with Crippen molar-refractivity contribution in [2.45, 2.75) is 40.7 Å². The van der Waals surface area contributed by atoms with Crippen LogP contribution < -0.4 is 16.4 Å². The second-order valence-electron chi connectivity index (χ2n) is 6.72. The molecule has 0 aliphatic rings. The van der Waals surface area contributed by atoms with E-state index in [1.807, 2.05) is 45.9 Å². The molecular weight excluding hydrogens is 330 g/mol. The minimum Gasteiger partial charge on any atom is -0.364 e. The van der Waals surface area contributed by atoms with E-state index in [0.717, 1.165) is 16.8 Å². The number of primary amides is 1. The van der Waals surface area contributed by atoms with E-state index in [1.165, 1.54) is 13.1 Å². The first-order valence-electron chi connectivity index (χ1n) is 8.47. The van der Waals surface area contributed by atoms with Gasteiger partial charge in [-0.1, -0.05) is 19.9 Å². The molecule has 1 atom stereocenters. The van der Waals surface area contributed by atoms with Gasteiger partial charge < -0.3 is 16.4 Å². The number of carbonyl (C=O) groups excluding carboxylic acids is 2. The maximum atomic E-state index is 11.8. The molecule has 0 fully saturated rings. The van der Waals surface area contributed by atoms with Crippen LogP contribution in [0.2, 0.25) is 0 Å². The number of nitrogens with two attached hydrogens (primary N) is 1. The first-order chi connectivity index (χ1) is 12.2. The number of hydrogen-bond acceptors (Lipinski definition) is 6. The average molecular weight is 355 g/mol. The molecule has 2 rings (SSSR count). The number of amides is 1. The third-order valence-electron chi connectivity index (χ3n) is 4.18. The number of carbonyl (C=O) groups is 2. The van der Waals surface area contributed by atoms with Crippen LogP contribution in [0.15, 0.2) is 24.4 Å². The molecule has 2 aromatic rings. The highest BCUT2D eigenvalue weighted by atomic mass is 16.1. The van der Waals surface area contributed by atoms with Crippen molar-refractivity contribution in [3.05, 3.63) is 41.2 Å². The minimum absolute atomic E-state index is 0.00412. The van der Waals surface area contributed by atoms with E-state index < -0.39 is 11.9 Å². The van der Waals surface area contributed by atoms with Gasteiger partial charge >= 0.3 is 0 Å². The zero-order valence-electron chi connectivity index (χ0n) is 15.8. The Morgan fingerprint density at radius 3 is 2.38 bits per heavy atom. The largest absolute Gasteiger partial charge is 0.364 e. The van der Waals surface area contributed by atoms with E-state index in [2.05, 4.69) is 20.6 Å². The van der Waals surface area contributed by atoms with Crippen molar-refractivity contribution in [2.75, 3.05) is 10.6 Å². The average Bonchev–Trinajstić information content (AvgIpc) is 2.55. The Labute approximate surface area is 153 Å². The normalized spacial score (nSPS) is 11.9. The molecule has 0 radical (unpaired) electrons. The molecule has 0 bridgehead atoms. The summed E-state index contributed by atoms with van der Waals surface area (Å²) in [5.74, 6) is 0.0557. The number of Topliss-reactive ketones (excluding diaryl/α,β-unsaturated/α-hetero) is 1. The van der Waals surface area contributed by atoms with Gasteiger partial charge in [0, 0.05) is 5.69 Å². The van der Waals surface area contributed by atoms with Gasteiger partial charge in [-0.3, -0.25) is 9.59 Å². The molecule has 0 aliphatic carbocycles. The molecule has 0 spiro atoms. The SMILES string of the molecule is CC(=O)C(Nc1cnc(C(N)=O)c(Nc2ccc(C)c(C)c2)n1)C(C)C. The van der Waals surface area contributed by atoms with Gasteiger partial charge in [0.25, 0.3) is 5.91 Å². The maximum Gasteiger partial charge on any atom is 0.271 e. The Balaban J connectivity index is 2.37. The van der Waals surface area contributed by atoms with Crippen molar-refractivity contribution in [3.63, 3.8) is 0 Å². The number of rotatable bonds is 7. The Morgan fingerprint density at radius 1 is 1.15 bits per heavy atom. The summed E-state index contributed by atoms with van der Waals surface area (Å²) in [6.07, 6.45) is 1.41. The number of aromatic nitrogens is 2. The fourth-order valence-electron chi connectivity index (χ4n) is 2.58. The molecule has 26 heavy (non-hydrogen) atoms. The number of hydrogen-bond donors (Lipinski definition) is 3. The van der Waals surface area contributed by atoms with E-state index >= 15 is 0 Å². The molecule has 1 unspecified atom stereocenters. The van der Waals surface area contributed by atoms with Crippen LogP contribution in [0.5, 0.6) is 0 Å². The first-order valence-corrected chi connectivity index (χ1v) is 8.47. The molecule has 0 aliphatic heterocycles. The monoisotopic (exact) mass is 355 g/mol. The van der Waals surface area contributed by atoms with Gasteiger partial charge in [-0.25, -0.2) is 9.97 Å². The van der Waals surface area contributed by atoms with Gasteiger partial charge in [-0.05, 0) is 49.9 Å². The van der Waals surface area contributed by atoms with Crippen LogP contribution in [0.1, 0.15) is 42.4 Å². The summed E-state index contributed by atoms with van der Waals surface area (Å²) >= 11 is 0. The van der Waals surface area contributed by atoms with Gasteiger partial charge in [0.2, 0.25) is 0 Å². The maximum absolute atomic E-state index is 11.8. The lowest BCUT2D eigenvalue weighted by molar-refractivity contribution is -0.118. The van der Waals surface area contributed by atoms with Crippen molar-refractivity contribution in [1.29, 1.82) is 0 Å². The lowest BCUT2D eigenvalue weighted by atomic mass is 10.0. The fraction of sp³-hybridized carbons (Fsp3) is 0.368. The summed E-state index contributed by atoms with van der Waals surface area (Å²) in [4.78, 5) is 32.0. The molecule has 4 N–H and O–H groups in total. The number of benzene rings is 1. The van der Waals surface area contributed by atoms with Crippen LogP contribution in [0, 0.1) is 19.8 Å². The van der Waals surface area contributed by atoms with Gasteiger partial charge in [0.1, 0.15) is 5.82 Å². The Morgan fingerprint density at radius 2 is 1.85 bits per heavy atom. The second kappa shape index (κ2) is 7.95. The fourth-order valence-corrected chi connectivity index (χ4v) is 2.58. The van der Waals surface area contributed by atoms with Crippen molar-refractivity contribution in [1.82, 2.24) is 9.97 Å². The van der Waals surface area contributed by atoms with Crippen LogP contribution in [0.3, 0.4) is 0 Å². The zero-order chi connectivity index (χ0) is 19.4. The quantitative estimate of drug-likeness (QED) is 0.704. The van der Waals surface area contributed by atoms with Gasteiger partial charge in [0.05, 0.1) is 12.2 Å². The number of nitrogens with one attached hydrogen (secondary N) is 2. The van der Waals surface area contributed by atoms with Gasteiger partial charge in [0.15, 0.2) is 17.3 Å². The Bertz CT molecular complexity index is 833. The summed E-state index contributed by atoms with van der Waals surface area (Å²) in [6, 6.07) is 5.43. The van der Waals surface area contributed by atoms with E-state index in [9.17, 15) is 9.59 Å². The van der Waals surface area contributed by atoms with Crippen molar-refractivity contribution in [2.24, 2.45) is 11.7 Å². The number of ketones is 1. The molecule has 0 saturated heterocycles. The van der Waals surface area contributed by atoms with Crippen molar-refractivity contribution < 1.29 is 9.59 Å². The molecule has 0 saturated carbocycles. The van der Waals surface area contributed by atoms with Crippen LogP contribution in [-0.2, 0) is 4.79 Å². The molecule has 7 nitrogen and oxygen atoms in total. The zero-order valence-corrected chi connectivity index (χ0v) is 15.8. The number of anilines is 3. The van der Waals surface area contributed by atoms with Crippen LogP contribution in [0.25, 0.3) is 0 Å². The molecule has 1 aromatic carbocycles. The topological polar surface area (TPSA) is 110 Å². The summed E-state index contributed by atoms with van der Waals surface area (Å²) in [7, 11) is 0. The predicted octanol–water partition coefficient (Wildman–Crippen LogP) is 2.96. The summed E-state index contributed by atoms with van der Waals surface area (Å²) in [5, 5.41) is 6.17. The third kappa shape index (κ3) is 4.56. The molecule has 138 valence electrons. The lowest BCUT2D eigenvalue weighted by Gasteiger charge is -2.20. The van der Waals surface area contributed by atoms with E-state index in [1.54, 1.807) is 0 Å². The van der Waals surface area contributed by atoms with Crippen LogP contribution >= 0.6 is 0 Å². The Hall–Kier alpha value is -2.96. The highest BCUT2D eigenvalue weighted by Crippen LogP contribution is 2.22. The summed E-state index contributed by atoms with van der Waals surface area (Å²) in [6.45, 7) is 9.43. The smallest absolute Gasteiger partial charge is 0.271 e. The minimum atomic E-state index is -0.678. The molecule has 1 heterocycles. The Kier molecular flexibility index (Phi) is 5.92. The highest BCUT2D eigenvalue weighted by Gasteiger charge is 2.20. The van der Waals surface area contributed by atoms with Crippen molar-refractivity contribution >= 4 is 29.0 Å². The van der Waals surface area contributed by atoms with Gasteiger partial charge in [-0.2, -0.15) is 0 Å². The van der Waals surface area contributed by atoms with E-state index in [0.29, 0.717) is 5.82 Å². The highest BCUT2D eigenvalue weighted by molar-refractivity contribution is 5.96. The molecular formula is C19H25N5O2. The summed E-state index contributed by atoms with van der Waals surface area (Å²) < 4.78 is 0. The first kappa shape index (κ1) is 19.4. The molecule has 1 aromatic heterocycles. The van der Waals surface area contributed by atoms with Crippen LogP contribution in [-0.4, -0.2) is 27.7 Å². The molecule has 1 amide bonds. The van der Waals surface area contributed by atoms with Crippen LogP contribution in [0.4, 0.5) is 17.3 Å².